The number of carbonyl (C=O) groups is 2. The number of amides is 3. The van der Waals surface area contributed by atoms with E-state index in [1.54, 1.807) is 54.5 Å². The molecule has 2 aromatic rings. The highest BCUT2D eigenvalue weighted by Gasteiger charge is 2.42. The van der Waals surface area contributed by atoms with Gasteiger partial charge in [0, 0.05) is 13.1 Å². The number of hydrogen-bond acceptors (Lipinski definition) is 5. The van der Waals surface area contributed by atoms with E-state index in [9.17, 15) is 18.0 Å². The number of carbonyl (C=O) groups excluding carboxylic acids is 2. The maximum absolute atomic E-state index is 13.4. The van der Waals surface area contributed by atoms with E-state index in [0.29, 0.717) is 24.4 Å². The lowest BCUT2D eigenvalue weighted by atomic mass is 10.2. The van der Waals surface area contributed by atoms with Gasteiger partial charge in [0.2, 0.25) is 5.91 Å². The largest absolute Gasteiger partial charge is 0.497 e. The standard InChI is InChI=1S/C23H27N3O5S/c1-31-19-12-10-18(11-13-19)16-26-23(28)25(17-22(27)24-14-6-2-3-7-15-24)20-8-4-5-9-21(20)32(26,29)30/h4-5,8-13H,2-3,6-7,14-17H2,1H3. The van der Waals surface area contributed by atoms with Crippen LogP contribution in [0.25, 0.3) is 0 Å². The van der Waals surface area contributed by atoms with Gasteiger partial charge in [0.25, 0.3) is 10.0 Å². The number of rotatable bonds is 5. The summed E-state index contributed by atoms with van der Waals surface area (Å²) in [5.41, 5.74) is 0.882. The number of ether oxygens (including phenoxy) is 1. The molecule has 1 fully saturated rings. The van der Waals surface area contributed by atoms with Crippen molar-refractivity contribution < 1.29 is 22.7 Å². The summed E-state index contributed by atoms with van der Waals surface area (Å²) in [4.78, 5) is 29.5. The number of methoxy groups -OCH3 is 1. The van der Waals surface area contributed by atoms with Gasteiger partial charge >= 0.3 is 6.03 Å². The Morgan fingerprint density at radius 2 is 1.62 bits per heavy atom. The maximum atomic E-state index is 13.4. The molecule has 4 rings (SSSR count). The summed E-state index contributed by atoms with van der Waals surface area (Å²) >= 11 is 0. The van der Waals surface area contributed by atoms with Crippen LogP contribution in [-0.4, -0.2) is 56.3 Å². The van der Waals surface area contributed by atoms with Crippen molar-refractivity contribution in [2.24, 2.45) is 0 Å². The molecule has 9 heteroatoms. The van der Waals surface area contributed by atoms with Gasteiger partial charge in [0.15, 0.2) is 0 Å². The highest BCUT2D eigenvalue weighted by Crippen LogP contribution is 2.35. The minimum absolute atomic E-state index is 0.0248. The summed E-state index contributed by atoms with van der Waals surface area (Å²) in [6.07, 6.45) is 4.05. The first kappa shape index (κ1) is 22.1. The number of nitrogens with zero attached hydrogens (tertiary/aromatic N) is 3. The van der Waals surface area contributed by atoms with Crippen LogP contribution < -0.4 is 9.64 Å². The van der Waals surface area contributed by atoms with E-state index in [4.69, 9.17) is 4.74 Å². The van der Waals surface area contributed by atoms with Gasteiger partial charge in [-0.05, 0) is 42.7 Å². The zero-order valence-corrected chi connectivity index (χ0v) is 18.9. The predicted octanol–water partition coefficient (Wildman–Crippen LogP) is 3.23. The second-order valence-corrected chi connectivity index (χ2v) is 9.82. The number of anilines is 1. The summed E-state index contributed by atoms with van der Waals surface area (Å²) in [6, 6.07) is 12.5. The Kier molecular flexibility index (Phi) is 6.36. The molecule has 2 aliphatic rings. The van der Waals surface area contributed by atoms with Gasteiger partial charge in [-0.25, -0.2) is 17.5 Å². The molecule has 0 saturated carbocycles. The molecule has 0 atom stereocenters. The average Bonchev–Trinajstić information content (AvgIpc) is 3.10. The third kappa shape index (κ3) is 4.29. The number of benzene rings is 2. The van der Waals surface area contributed by atoms with Gasteiger partial charge in [0.1, 0.15) is 17.2 Å². The average molecular weight is 458 g/mol. The zero-order valence-electron chi connectivity index (χ0n) is 18.1. The number of fused-ring (bicyclic) bond motifs is 1. The molecule has 1 saturated heterocycles. The topological polar surface area (TPSA) is 87.2 Å². The molecular weight excluding hydrogens is 430 g/mol. The number of sulfonamides is 1. The Morgan fingerprint density at radius 3 is 2.28 bits per heavy atom. The zero-order chi connectivity index (χ0) is 22.7. The molecule has 3 amide bonds. The summed E-state index contributed by atoms with van der Waals surface area (Å²) in [5.74, 6) is 0.468. The van der Waals surface area contributed by atoms with Crippen LogP contribution in [-0.2, 0) is 21.4 Å². The second kappa shape index (κ2) is 9.20. The van der Waals surface area contributed by atoms with E-state index in [1.807, 2.05) is 0 Å². The van der Waals surface area contributed by atoms with Crippen molar-refractivity contribution in [1.29, 1.82) is 0 Å². The maximum Gasteiger partial charge on any atom is 0.339 e. The molecule has 0 bridgehead atoms. The Morgan fingerprint density at radius 1 is 0.969 bits per heavy atom. The van der Waals surface area contributed by atoms with Gasteiger partial charge in [-0.1, -0.05) is 37.1 Å². The molecule has 8 nitrogen and oxygen atoms in total. The first-order valence-corrected chi connectivity index (χ1v) is 12.2. The molecule has 0 N–H and O–H groups in total. The Balaban J connectivity index is 1.65. The lowest BCUT2D eigenvalue weighted by molar-refractivity contribution is -0.129. The first-order valence-electron chi connectivity index (χ1n) is 10.8. The molecule has 32 heavy (non-hydrogen) atoms. The highest BCUT2D eigenvalue weighted by atomic mass is 32.2. The van der Waals surface area contributed by atoms with Gasteiger partial charge in [-0.15, -0.1) is 0 Å². The Labute approximate surface area is 188 Å². The van der Waals surface area contributed by atoms with Crippen molar-refractivity contribution in [2.75, 3.05) is 31.6 Å². The van der Waals surface area contributed by atoms with E-state index in [1.165, 1.54) is 11.0 Å². The molecule has 2 aromatic carbocycles. The van der Waals surface area contributed by atoms with Crippen molar-refractivity contribution in [3.05, 3.63) is 54.1 Å². The fourth-order valence-electron chi connectivity index (χ4n) is 4.12. The van der Waals surface area contributed by atoms with Gasteiger partial charge in [-0.3, -0.25) is 9.69 Å². The van der Waals surface area contributed by atoms with Crippen molar-refractivity contribution in [2.45, 2.75) is 37.1 Å². The smallest absolute Gasteiger partial charge is 0.339 e. The van der Waals surface area contributed by atoms with E-state index in [0.717, 1.165) is 30.0 Å². The number of hydrogen-bond donors (Lipinski definition) is 0. The number of likely N-dealkylation sites (tertiary alicyclic amines) is 1. The molecule has 0 spiro atoms. The van der Waals surface area contributed by atoms with E-state index < -0.39 is 16.1 Å². The minimum atomic E-state index is -4.06. The fourth-order valence-corrected chi connectivity index (χ4v) is 5.67. The summed E-state index contributed by atoms with van der Waals surface area (Å²) in [6.45, 7) is 1.01. The van der Waals surface area contributed by atoms with Crippen LogP contribution in [0, 0.1) is 0 Å². The predicted molar refractivity (Wildman–Crippen MR) is 120 cm³/mol. The SMILES string of the molecule is COc1ccc(CN2C(=O)N(CC(=O)N3CCCCCC3)c3ccccc3S2(=O)=O)cc1. The van der Waals surface area contributed by atoms with E-state index in [-0.39, 0.29) is 29.6 Å². The van der Waals surface area contributed by atoms with Crippen molar-refractivity contribution >= 4 is 27.6 Å². The van der Waals surface area contributed by atoms with Crippen LogP contribution in [0.4, 0.5) is 10.5 Å². The van der Waals surface area contributed by atoms with E-state index in [2.05, 4.69) is 0 Å². The van der Waals surface area contributed by atoms with Crippen molar-refractivity contribution in [3.63, 3.8) is 0 Å². The van der Waals surface area contributed by atoms with E-state index >= 15 is 0 Å². The lowest BCUT2D eigenvalue weighted by Crippen LogP contribution is -2.53. The number of urea groups is 1. The molecule has 0 aliphatic carbocycles. The molecule has 170 valence electrons. The van der Waals surface area contributed by atoms with Gasteiger partial charge < -0.3 is 9.64 Å². The number of para-hydroxylation sites is 1. The van der Waals surface area contributed by atoms with Crippen LogP contribution >= 0.6 is 0 Å². The van der Waals surface area contributed by atoms with Crippen LogP contribution in [0.3, 0.4) is 0 Å². The van der Waals surface area contributed by atoms with Gasteiger partial charge in [-0.2, -0.15) is 0 Å². The van der Waals surface area contributed by atoms with Crippen LogP contribution in [0.15, 0.2) is 53.4 Å². The third-order valence-corrected chi connectivity index (χ3v) is 7.67. The Hall–Kier alpha value is -3.07. The summed E-state index contributed by atoms with van der Waals surface area (Å²) < 4.78 is 32.5. The molecule has 0 radical (unpaired) electrons. The molecular formula is C23H27N3O5S. The molecule has 0 aromatic heterocycles. The Bertz CT molecular complexity index is 1090. The minimum Gasteiger partial charge on any atom is -0.497 e. The van der Waals surface area contributed by atoms with Crippen LogP contribution in [0.5, 0.6) is 5.75 Å². The highest BCUT2D eigenvalue weighted by molar-refractivity contribution is 7.90. The molecule has 0 unspecified atom stereocenters. The van der Waals surface area contributed by atoms with Crippen molar-refractivity contribution in [1.82, 2.24) is 9.21 Å². The van der Waals surface area contributed by atoms with Gasteiger partial charge in [0.05, 0.1) is 19.3 Å². The van der Waals surface area contributed by atoms with Crippen molar-refractivity contribution in [3.8, 4) is 5.75 Å². The molecule has 2 heterocycles. The van der Waals surface area contributed by atoms with Crippen LogP contribution in [0.2, 0.25) is 0 Å². The monoisotopic (exact) mass is 457 g/mol. The lowest BCUT2D eigenvalue weighted by Gasteiger charge is -2.36. The fraction of sp³-hybridized carbons (Fsp3) is 0.391. The third-order valence-electron chi connectivity index (χ3n) is 5.91. The quantitative estimate of drug-likeness (QED) is 0.688. The summed E-state index contributed by atoms with van der Waals surface area (Å²) in [7, 11) is -2.51. The first-order chi connectivity index (χ1) is 15.4. The normalized spacial score (nSPS) is 18.2. The summed E-state index contributed by atoms with van der Waals surface area (Å²) in [5, 5.41) is 0. The second-order valence-electron chi connectivity index (χ2n) is 7.99. The van der Waals surface area contributed by atoms with Crippen LogP contribution in [0.1, 0.15) is 31.2 Å². The molecule has 2 aliphatic heterocycles.